The largest absolute Gasteiger partial charge is 0.372 e. The molecule has 2 aliphatic heterocycles. The number of likely N-dealkylation sites (tertiary alicyclic amines) is 1. The molecule has 0 N–H and O–H groups in total. The van der Waals surface area contributed by atoms with Crippen LogP contribution in [0.4, 0.5) is 4.39 Å². The van der Waals surface area contributed by atoms with E-state index in [9.17, 15) is 4.39 Å². The second-order valence-corrected chi connectivity index (χ2v) is 6.67. The smallest absolute Gasteiger partial charge is 0.123 e. The molecule has 2 aliphatic rings. The van der Waals surface area contributed by atoms with Crippen molar-refractivity contribution >= 4 is 11.8 Å². The Labute approximate surface area is 118 Å². The molecule has 104 valence electrons. The van der Waals surface area contributed by atoms with Gasteiger partial charge in [-0.2, -0.15) is 0 Å². The second kappa shape index (κ2) is 5.81. The first-order valence-corrected chi connectivity index (χ1v) is 7.99. The number of rotatable bonds is 6. The van der Waals surface area contributed by atoms with Crippen molar-refractivity contribution in [3.05, 3.63) is 30.1 Å². The van der Waals surface area contributed by atoms with Gasteiger partial charge in [-0.25, -0.2) is 4.39 Å². The maximum absolute atomic E-state index is 12.7. The first kappa shape index (κ1) is 13.4. The third-order valence-corrected chi connectivity index (χ3v) is 5.04. The van der Waals surface area contributed by atoms with Crippen LogP contribution in [0.2, 0.25) is 0 Å². The predicted octanol–water partition coefficient (Wildman–Crippen LogP) is 3.17. The van der Waals surface area contributed by atoms with E-state index >= 15 is 0 Å². The summed E-state index contributed by atoms with van der Waals surface area (Å²) in [7, 11) is 0. The third kappa shape index (κ3) is 3.30. The van der Waals surface area contributed by atoms with Gasteiger partial charge >= 0.3 is 0 Å². The van der Waals surface area contributed by atoms with Crippen molar-refractivity contribution in [1.29, 1.82) is 0 Å². The monoisotopic (exact) mass is 281 g/mol. The van der Waals surface area contributed by atoms with Crippen LogP contribution in [-0.2, 0) is 4.74 Å². The van der Waals surface area contributed by atoms with E-state index in [0.29, 0.717) is 0 Å². The predicted molar refractivity (Wildman–Crippen MR) is 76.1 cm³/mol. The van der Waals surface area contributed by atoms with E-state index in [0.717, 1.165) is 30.3 Å². The van der Waals surface area contributed by atoms with Crippen molar-refractivity contribution in [2.45, 2.75) is 29.8 Å². The minimum absolute atomic E-state index is 0.158. The van der Waals surface area contributed by atoms with Crippen molar-refractivity contribution < 1.29 is 9.13 Å². The molecule has 0 aliphatic carbocycles. The highest BCUT2D eigenvalue weighted by Gasteiger charge is 2.48. The van der Waals surface area contributed by atoms with Crippen LogP contribution in [0.25, 0.3) is 0 Å². The van der Waals surface area contributed by atoms with Crippen molar-refractivity contribution in [2.75, 3.05) is 32.0 Å². The van der Waals surface area contributed by atoms with Crippen LogP contribution in [-0.4, -0.2) is 42.5 Å². The number of halogens is 1. The SMILES string of the molecule is Fc1ccc(SCCCCN2CC3(CCO3)C2)cc1. The van der Waals surface area contributed by atoms with Gasteiger partial charge in [0.1, 0.15) is 5.82 Å². The van der Waals surface area contributed by atoms with Crippen molar-refractivity contribution in [1.82, 2.24) is 4.90 Å². The normalized spacial score (nSPS) is 21.1. The average Bonchev–Trinajstić information content (AvgIpc) is 2.31. The number of hydrogen-bond donors (Lipinski definition) is 0. The second-order valence-electron chi connectivity index (χ2n) is 5.50. The Hall–Kier alpha value is -0.580. The van der Waals surface area contributed by atoms with Gasteiger partial charge in [0.05, 0.1) is 12.2 Å². The number of hydrogen-bond acceptors (Lipinski definition) is 3. The Bertz CT molecular complexity index is 411. The number of thioether (sulfide) groups is 1. The molecule has 1 aromatic rings. The van der Waals surface area contributed by atoms with E-state index in [1.165, 1.54) is 37.9 Å². The van der Waals surface area contributed by atoms with Gasteiger partial charge in [0, 0.05) is 24.4 Å². The molecule has 4 heteroatoms. The number of ether oxygens (including phenoxy) is 1. The minimum Gasteiger partial charge on any atom is -0.372 e. The van der Waals surface area contributed by atoms with Gasteiger partial charge in [0.2, 0.25) is 0 Å². The van der Waals surface area contributed by atoms with E-state index in [-0.39, 0.29) is 11.4 Å². The summed E-state index contributed by atoms with van der Waals surface area (Å²) in [6.07, 6.45) is 3.71. The molecule has 0 atom stereocenters. The summed E-state index contributed by atoms with van der Waals surface area (Å²) in [5.74, 6) is 0.954. The van der Waals surface area contributed by atoms with E-state index in [4.69, 9.17) is 4.74 Å². The van der Waals surface area contributed by atoms with Gasteiger partial charge in [-0.3, -0.25) is 4.90 Å². The lowest BCUT2D eigenvalue weighted by Crippen LogP contribution is -2.68. The summed E-state index contributed by atoms with van der Waals surface area (Å²) >= 11 is 1.81. The maximum atomic E-state index is 12.7. The van der Waals surface area contributed by atoms with Gasteiger partial charge in [-0.15, -0.1) is 11.8 Å². The lowest BCUT2D eigenvalue weighted by Gasteiger charge is -2.55. The summed E-state index contributed by atoms with van der Waals surface area (Å²) in [6, 6.07) is 6.77. The van der Waals surface area contributed by atoms with Crippen LogP contribution in [0.1, 0.15) is 19.3 Å². The highest BCUT2D eigenvalue weighted by atomic mass is 32.2. The summed E-state index contributed by atoms with van der Waals surface area (Å²) in [5.41, 5.74) is 0.267. The number of benzene rings is 1. The molecular formula is C15H20FNOS. The molecule has 2 saturated heterocycles. The Morgan fingerprint density at radius 3 is 2.58 bits per heavy atom. The molecule has 2 nitrogen and oxygen atoms in total. The van der Waals surface area contributed by atoms with Gasteiger partial charge in [-0.05, 0) is 49.4 Å². The van der Waals surface area contributed by atoms with Crippen LogP contribution in [0.15, 0.2) is 29.2 Å². The van der Waals surface area contributed by atoms with Crippen molar-refractivity contribution in [2.24, 2.45) is 0 Å². The molecule has 0 unspecified atom stereocenters. The van der Waals surface area contributed by atoms with Gasteiger partial charge in [0.15, 0.2) is 0 Å². The molecule has 2 fully saturated rings. The summed E-state index contributed by atoms with van der Waals surface area (Å²) in [6.45, 7) is 4.42. The van der Waals surface area contributed by atoms with Crippen LogP contribution in [0, 0.1) is 5.82 Å². The molecule has 2 heterocycles. The molecule has 0 bridgehead atoms. The molecular weight excluding hydrogens is 261 g/mol. The highest BCUT2D eigenvalue weighted by molar-refractivity contribution is 7.99. The zero-order chi connectivity index (χ0) is 13.1. The molecule has 0 aromatic heterocycles. The van der Waals surface area contributed by atoms with E-state index in [1.807, 2.05) is 23.9 Å². The lowest BCUT2D eigenvalue weighted by molar-refractivity contribution is -0.221. The van der Waals surface area contributed by atoms with Crippen molar-refractivity contribution in [3.63, 3.8) is 0 Å². The van der Waals surface area contributed by atoms with Gasteiger partial charge in [0.25, 0.3) is 0 Å². The first-order valence-electron chi connectivity index (χ1n) is 7.01. The fraction of sp³-hybridized carbons (Fsp3) is 0.600. The van der Waals surface area contributed by atoms with E-state index < -0.39 is 0 Å². The summed E-state index contributed by atoms with van der Waals surface area (Å²) in [4.78, 5) is 3.65. The Kier molecular flexibility index (Phi) is 4.10. The topological polar surface area (TPSA) is 12.5 Å². The van der Waals surface area contributed by atoms with Crippen LogP contribution in [0.5, 0.6) is 0 Å². The van der Waals surface area contributed by atoms with Crippen LogP contribution >= 0.6 is 11.8 Å². The van der Waals surface area contributed by atoms with E-state index in [1.54, 1.807) is 0 Å². The summed E-state index contributed by atoms with van der Waals surface area (Å²) in [5, 5.41) is 0. The highest BCUT2D eigenvalue weighted by Crippen LogP contribution is 2.35. The Morgan fingerprint density at radius 1 is 1.21 bits per heavy atom. The van der Waals surface area contributed by atoms with Gasteiger partial charge < -0.3 is 4.74 Å². The average molecular weight is 281 g/mol. The fourth-order valence-electron chi connectivity index (χ4n) is 2.73. The standard InChI is InChI=1S/C15H20FNOS/c16-13-3-5-14(6-4-13)19-10-2-1-8-17-11-15(12-17)7-9-18-15/h3-6H,1-2,7-12H2. The third-order valence-electron chi connectivity index (χ3n) is 3.94. The minimum atomic E-state index is -0.158. The van der Waals surface area contributed by atoms with Crippen LogP contribution < -0.4 is 0 Å². The number of nitrogens with zero attached hydrogens (tertiary/aromatic N) is 1. The summed E-state index contributed by atoms with van der Waals surface area (Å²) < 4.78 is 18.3. The molecule has 1 spiro atoms. The van der Waals surface area contributed by atoms with Gasteiger partial charge in [-0.1, -0.05) is 0 Å². The molecule has 19 heavy (non-hydrogen) atoms. The molecule has 0 saturated carbocycles. The zero-order valence-electron chi connectivity index (χ0n) is 11.1. The zero-order valence-corrected chi connectivity index (χ0v) is 11.9. The Morgan fingerprint density at radius 2 is 1.95 bits per heavy atom. The van der Waals surface area contributed by atoms with Crippen molar-refractivity contribution in [3.8, 4) is 0 Å². The fourth-order valence-corrected chi connectivity index (χ4v) is 3.64. The van der Waals surface area contributed by atoms with E-state index in [2.05, 4.69) is 4.90 Å². The Balaban J connectivity index is 1.24. The molecule has 0 radical (unpaired) electrons. The first-order chi connectivity index (χ1) is 9.26. The molecule has 0 amide bonds. The molecule has 3 rings (SSSR count). The lowest BCUT2D eigenvalue weighted by atomic mass is 9.86. The molecule has 1 aromatic carbocycles. The van der Waals surface area contributed by atoms with Crippen LogP contribution in [0.3, 0.4) is 0 Å². The number of unbranched alkanes of at least 4 members (excludes halogenated alkanes) is 1. The maximum Gasteiger partial charge on any atom is 0.123 e. The quantitative estimate of drug-likeness (QED) is 0.587.